The lowest BCUT2D eigenvalue weighted by molar-refractivity contribution is -0.130. The van der Waals surface area contributed by atoms with E-state index in [1.807, 2.05) is 4.90 Å². The number of nitrogens with one attached hydrogen (secondary N) is 1. The van der Waals surface area contributed by atoms with E-state index >= 15 is 0 Å². The smallest absolute Gasteiger partial charge is 0.387 e. The monoisotopic (exact) mass is 371 g/mol. The van der Waals surface area contributed by atoms with Crippen LogP contribution in [0.15, 0.2) is 24.3 Å². The Kier molecular flexibility index (Phi) is 6.87. The molecule has 1 aromatic carbocycles. The van der Waals surface area contributed by atoms with Crippen molar-refractivity contribution in [1.29, 1.82) is 0 Å². The van der Waals surface area contributed by atoms with Crippen LogP contribution in [0.1, 0.15) is 16.8 Å². The SMILES string of the molecule is CN(C)C(=O)CN1CC[C@@H](NC(=O)c2cccc(OC(F)F)c2)[C@H](O)C1. The number of β-amino-alcohol motifs (C(OH)–C–C–N with tert-alkyl or cyclic N) is 1. The molecule has 0 aliphatic carbocycles. The Hall–Kier alpha value is -2.26. The molecule has 9 heteroatoms. The van der Waals surface area contributed by atoms with Crippen LogP contribution in [-0.2, 0) is 4.79 Å². The van der Waals surface area contributed by atoms with Crippen molar-refractivity contribution in [3.05, 3.63) is 29.8 Å². The van der Waals surface area contributed by atoms with Crippen molar-refractivity contribution in [3.63, 3.8) is 0 Å². The topological polar surface area (TPSA) is 82.1 Å². The van der Waals surface area contributed by atoms with Crippen molar-refractivity contribution in [2.75, 3.05) is 33.7 Å². The number of aliphatic hydroxyl groups is 1. The van der Waals surface area contributed by atoms with Gasteiger partial charge in [-0.05, 0) is 24.6 Å². The zero-order valence-electron chi connectivity index (χ0n) is 14.7. The predicted octanol–water partition coefficient (Wildman–Crippen LogP) is 0.541. The number of carbonyl (C=O) groups excluding carboxylic acids is 2. The molecule has 1 fully saturated rings. The molecule has 0 radical (unpaired) electrons. The zero-order valence-corrected chi connectivity index (χ0v) is 14.7. The number of amides is 2. The van der Waals surface area contributed by atoms with E-state index in [1.165, 1.54) is 29.2 Å². The van der Waals surface area contributed by atoms with Crippen LogP contribution in [0, 0.1) is 0 Å². The molecule has 0 saturated carbocycles. The second-order valence-corrected chi connectivity index (χ2v) is 6.37. The number of likely N-dealkylation sites (N-methyl/N-ethyl adjacent to an activating group) is 1. The maximum Gasteiger partial charge on any atom is 0.387 e. The summed E-state index contributed by atoms with van der Waals surface area (Å²) >= 11 is 0. The Labute approximate surface area is 150 Å². The zero-order chi connectivity index (χ0) is 19.3. The molecule has 26 heavy (non-hydrogen) atoms. The highest BCUT2D eigenvalue weighted by molar-refractivity contribution is 5.94. The molecule has 1 aromatic rings. The molecule has 2 N–H and O–H groups in total. The summed E-state index contributed by atoms with van der Waals surface area (Å²) in [5, 5.41) is 13.0. The number of piperidine rings is 1. The van der Waals surface area contributed by atoms with E-state index in [0.717, 1.165) is 0 Å². The van der Waals surface area contributed by atoms with E-state index in [1.54, 1.807) is 14.1 Å². The van der Waals surface area contributed by atoms with E-state index in [0.29, 0.717) is 13.0 Å². The first-order valence-corrected chi connectivity index (χ1v) is 8.22. The molecule has 2 rings (SSSR count). The summed E-state index contributed by atoms with van der Waals surface area (Å²) in [6.45, 7) is -1.95. The van der Waals surface area contributed by atoms with Crippen LogP contribution < -0.4 is 10.1 Å². The number of ether oxygens (including phenoxy) is 1. The van der Waals surface area contributed by atoms with E-state index in [4.69, 9.17) is 0 Å². The Morgan fingerprint density at radius 2 is 2.15 bits per heavy atom. The van der Waals surface area contributed by atoms with Crippen LogP contribution in [0.4, 0.5) is 8.78 Å². The van der Waals surface area contributed by atoms with Crippen molar-refractivity contribution in [2.45, 2.75) is 25.2 Å². The van der Waals surface area contributed by atoms with Gasteiger partial charge in [0.15, 0.2) is 0 Å². The number of hydrogen-bond donors (Lipinski definition) is 2. The van der Waals surface area contributed by atoms with Gasteiger partial charge in [-0.15, -0.1) is 0 Å². The van der Waals surface area contributed by atoms with E-state index in [2.05, 4.69) is 10.1 Å². The number of halogens is 2. The summed E-state index contributed by atoms with van der Waals surface area (Å²) in [5.74, 6) is -0.646. The summed E-state index contributed by atoms with van der Waals surface area (Å²) in [6, 6.07) is 4.99. The molecule has 0 unspecified atom stereocenters. The number of rotatable bonds is 6. The van der Waals surface area contributed by atoms with Gasteiger partial charge in [0.05, 0.1) is 18.7 Å². The Morgan fingerprint density at radius 3 is 2.77 bits per heavy atom. The quantitative estimate of drug-likeness (QED) is 0.763. The van der Waals surface area contributed by atoms with Crippen LogP contribution in [0.5, 0.6) is 5.75 Å². The van der Waals surface area contributed by atoms with Gasteiger partial charge >= 0.3 is 6.61 Å². The van der Waals surface area contributed by atoms with Gasteiger partial charge in [-0.1, -0.05) is 6.07 Å². The minimum atomic E-state index is -2.97. The molecule has 2 amide bonds. The third-order valence-corrected chi connectivity index (χ3v) is 4.16. The lowest BCUT2D eigenvalue weighted by atomic mass is 10.0. The van der Waals surface area contributed by atoms with Gasteiger partial charge in [-0.25, -0.2) is 0 Å². The van der Waals surface area contributed by atoms with Gasteiger partial charge in [-0.3, -0.25) is 14.5 Å². The largest absolute Gasteiger partial charge is 0.435 e. The number of carbonyl (C=O) groups is 2. The molecule has 144 valence electrons. The minimum absolute atomic E-state index is 0.0597. The second-order valence-electron chi connectivity index (χ2n) is 6.37. The van der Waals surface area contributed by atoms with Gasteiger partial charge in [-0.2, -0.15) is 8.78 Å². The molecule has 1 aliphatic heterocycles. The van der Waals surface area contributed by atoms with Gasteiger partial charge in [0.1, 0.15) is 5.75 Å². The molecule has 1 saturated heterocycles. The highest BCUT2D eigenvalue weighted by Gasteiger charge is 2.30. The normalized spacial score (nSPS) is 20.7. The third-order valence-electron chi connectivity index (χ3n) is 4.16. The Bertz CT molecular complexity index is 642. The molecule has 0 spiro atoms. The minimum Gasteiger partial charge on any atom is -0.435 e. The third kappa shape index (κ3) is 5.63. The van der Waals surface area contributed by atoms with Crippen LogP contribution in [0.3, 0.4) is 0 Å². The van der Waals surface area contributed by atoms with E-state index in [9.17, 15) is 23.5 Å². The first-order chi connectivity index (χ1) is 12.3. The average Bonchev–Trinajstić information content (AvgIpc) is 2.56. The van der Waals surface area contributed by atoms with E-state index in [-0.39, 0.29) is 30.3 Å². The van der Waals surface area contributed by atoms with Gasteiger partial charge in [0.25, 0.3) is 5.91 Å². The fourth-order valence-electron chi connectivity index (χ4n) is 2.71. The maximum atomic E-state index is 12.3. The van der Waals surface area contributed by atoms with Crippen molar-refractivity contribution < 1.29 is 28.2 Å². The molecule has 0 bridgehead atoms. The number of aliphatic hydroxyl groups excluding tert-OH is 1. The van der Waals surface area contributed by atoms with Gasteiger partial charge < -0.3 is 20.1 Å². The average molecular weight is 371 g/mol. The number of alkyl halides is 2. The molecule has 7 nitrogen and oxygen atoms in total. The molecule has 1 aliphatic rings. The first kappa shape index (κ1) is 20.1. The number of nitrogens with zero attached hydrogens (tertiary/aromatic N) is 2. The van der Waals surface area contributed by atoms with Crippen molar-refractivity contribution in [1.82, 2.24) is 15.1 Å². The van der Waals surface area contributed by atoms with E-state index < -0.39 is 24.7 Å². The summed E-state index contributed by atoms with van der Waals surface area (Å²) in [5.41, 5.74) is 0.167. The second kappa shape index (κ2) is 8.91. The van der Waals surface area contributed by atoms with Crippen molar-refractivity contribution >= 4 is 11.8 Å². The maximum absolute atomic E-state index is 12.3. The Balaban J connectivity index is 1.91. The highest BCUT2D eigenvalue weighted by atomic mass is 19.3. The van der Waals surface area contributed by atoms with Crippen LogP contribution >= 0.6 is 0 Å². The molecular weight excluding hydrogens is 348 g/mol. The molecule has 0 aromatic heterocycles. The number of hydrogen-bond acceptors (Lipinski definition) is 5. The van der Waals surface area contributed by atoms with Crippen molar-refractivity contribution in [3.8, 4) is 5.75 Å². The highest BCUT2D eigenvalue weighted by Crippen LogP contribution is 2.17. The van der Waals surface area contributed by atoms with Gasteiger partial charge in [0, 0.05) is 32.7 Å². The lowest BCUT2D eigenvalue weighted by Crippen LogP contribution is -2.55. The summed E-state index contributed by atoms with van der Waals surface area (Å²) in [6.07, 6.45) is -0.357. The fraction of sp³-hybridized carbons (Fsp3) is 0.529. The molecule has 2 atom stereocenters. The predicted molar refractivity (Wildman–Crippen MR) is 90.1 cm³/mol. The molecular formula is C17H23F2N3O4. The molecule has 1 heterocycles. The first-order valence-electron chi connectivity index (χ1n) is 8.22. The lowest BCUT2D eigenvalue weighted by Gasteiger charge is -2.36. The standard InChI is InChI=1S/C17H23F2N3O4/c1-21(2)15(24)10-22-7-6-13(14(23)9-22)20-16(25)11-4-3-5-12(8-11)26-17(18)19/h3-5,8,13-14,17,23H,6-7,9-10H2,1-2H3,(H,20,25)/t13-,14-/m1/s1. The summed E-state index contributed by atoms with van der Waals surface area (Å²) in [4.78, 5) is 27.4. The van der Waals surface area contributed by atoms with Crippen molar-refractivity contribution in [2.24, 2.45) is 0 Å². The number of likely N-dealkylation sites (tertiary alicyclic amines) is 1. The van der Waals surface area contributed by atoms with Gasteiger partial charge in [0.2, 0.25) is 5.91 Å². The Morgan fingerprint density at radius 1 is 1.42 bits per heavy atom. The summed E-state index contributed by atoms with van der Waals surface area (Å²) in [7, 11) is 3.33. The fourth-order valence-corrected chi connectivity index (χ4v) is 2.71. The van der Waals surface area contributed by atoms with Crippen LogP contribution in [0.2, 0.25) is 0 Å². The van der Waals surface area contributed by atoms with Crippen LogP contribution in [0.25, 0.3) is 0 Å². The summed E-state index contributed by atoms with van der Waals surface area (Å²) < 4.78 is 28.8. The number of benzene rings is 1. The van der Waals surface area contributed by atoms with Crippen LogP contribution in [-0.4, -0.2) is 79.2 Å².